The largest absolute Gasteiger partial charge is 0.399 e. The van der Waals surface area contributed by atoms with E-state index < -0.39 is 0 Å². The lowest BCUT2D eigenvalue weighted by atomic mass is 10.2. The van der Waals surface area contributed by atoms with Crippen molar-refractivity contribution in [2.75, 3.05) is 5.73 Å². The number of anilines is 1. The van der Waals surface area contributed by atoms with Crippen molar-refractivity contribution in [2.24, 2.45) is 0 Å². The van der Waals surface area contributed by atoms with Crippen molar-refractivity contribution in [1.29, 1.82) is 0 Å². The van der Waals surface area contributed by atoms with Crippen LogP contribution in [-0.4, -0.2) is 0 Å². The first-order chi connectivity index (χ1) is 7.33. The Bertz CT molecular complexity index is 320. The van der Waals surface area contributed by atoms with Crippen LogP contribution in [-0.2, 0) is 0 Å². The zero-order valence-electron chi connectivity index (χ0n) is 9.32. The van der Waals surface area contributed by atoms with Crippen LogP contribution in [0.3, 0.4) is 0 Å². The Balaban J connectivity index is 2.37. The molecule has 0 aliphatic rings. The van der Waals surface area contributed by atoms with Crippen molar-refractivity contribution >= 4 is 11.8 Å². The van der Waals surface area contributed by atoms with Crippen LogP contribution >= 0.6 is 0 Å². The van der Waals surface area contributed by atoms with Crippen molar-refractivity contribution in [2.45, 2.75) is 26.2 Å². The Morgan fingerprint density at radius 1 is 1.13 bits per heavy atom. The number of rotatable bonds is 5. The molecule has 0 aromatic heterocycles. The van der Waals surface area contributed by atoms with Gasteiger partial charge in [-0.2, -0.15) is 0 Å². The van der Waals surface area contributed by atoms with Gasteiger partial charge in [0.05, 0.1) is 0 Å². The van der Waals surface area contributed by atoms with Crippen LogP contribution in [0.4, 0.5) is 5.69 Å². The van der Waals surface area contributed by atoms with Gasteiger partial charge in [-0.1, -0.05) is 56.2 Å². The monoisotopic (exact) mass is 201 g/mol. The molecule has 1 heteroatoms. The Hall–Kier alpha value is -1.50. The van der Waals surface area contributed by atoms with E-state index in [0.717, 1.165) is 5.69 Å². The maximum absolute atomic E-state index is 5.60. The molecule has 1 aromatic carbocycles. The summed E-state index contributed by atoms with van der Waals surface area (Å²) in [6.07, 6.45) is 12.2. The summed E-state index contributed by atoms with van der Waals surface area (Å²) >= 11 is 0. The fraction of sp³-hybridized carbons (Fsp3) is 0.286. The molecule has 1 nitrogen and oxygen atoms in total. The smallest absolute Gasteiger partial charge is 0.0314 e. The number of nitrogens with two attached hydrogens (primary N) is 1. The SMILES string of the molecule is CCCCC=CC=Cc1ccc(N)cc1. The van der Waals surface area contributed by atoms with Crippen molar-refractivity contribution in [3.63, 3.8) is 0 Å². The first kappa shape index (κ1) is 11.6. The molecule has 0 aliphatic heterocycles. The Morgan fingerprint density at radius 3 is 2.53 bits per heavy atom. The van der Waals surface area contributed by atoms with E-state index in [9.17, 15) is 0 Å². The molecule has 0 atom stereocenters. The molecule has 15 heavy (non-hydrogen) atoms. The first-order valence-corrected chi connectivity index (χ1v) is 5.51. The van der Waals surface area contributed by atoms with Gasteiger partial charge in [0.25, 0.3) is 0 Å². The molecule has 1 aromatic rings. The molecule has 0 bridgehead atoms. The fourth-order valence-electron chi connectivity index (χ4n) is 1.27. The van der Waals surface area contributed by atoms with Crippen LogP contribution < -0.4 is 5.73 Å². The lowest BCUT2D eigenvalue weighted by Crippen LogP contribution is -1.82. The molecular weight excluding hydrogens is 182 g/mol. The molecule has 0 unspecified atom stereocenters. The van der Waals surface area contributed by atoms with Gasteiger partial charge in [-0.15, -0.1) is 0 Å². The van der Waals surface area contributed by atoms with Gasteiger partial charge in [0.15, 0.2) is 0 Å². The second kappa shape index (κ2) is 6.88. The fourth-order valence-corrected chi connectivity index (χ4v) is 1.27. The van der Waals surface area contributed by atoms with E-state index in [0.29, 0.717) is 0 Å². The van der Waals surface area contributed by atoms with Crippen molar-refractivity contribution < 1.29 is 0 Å². The van der Waals surface area contributed by atoms with Crippen LogP contribution in [0.2, 0.25) is 0 Å². The maximum atomic E-state index is 5.60. The summed E-state index contributed by atoms with van der Waals surface area (Å²) in [4.78, 5) is 0. The van der Waals surface area contributed by atoms with Gasteiger partial charge in [0.1, 0.15) is 0 Å². The molecule has 2 N–H and O–H groups in total. The predicted octanol–water partition coefficient (Wildman–Crippen LogP) is 4.03. The summed E-state index contributed by atoms with van der Waals surface area (Å²) in [7, 11) is 0. The molecule has 0 saturated heterocycles. The minimum Gasteiger partial charge on any atom is -0.399 e. The Labute approximate surface area is 92.3 Å². The summed E-state index contributed by atoms with van der Waals surface area (Å²) < 4.78 is 0. The van der Waals surface area contributed by atoms with Gasteiger partial charge in [-0.05, 0) is 24.1 Å². The number of unbranched alkanes of at least 4 members (excludes halogenated alkanes) is 2. The second-order valence-corrected chi connectivity index (χ2v) is 3.60. The highest BCUT2D eigenvalue weighted by Gasteiger charge is 1.84. The minimum atomic E-state index is 0.811. The molecule has 0 saturated carbocycles. The van der Waals surface area contributed by atoms with Crippen LogP contribution in [0.25, 0.3) is 6.08 Å². The van der Waals surface area contributed by atoms with Crippen molar-refractivity contribution in [1.82, 2.24) is 0 Å². The summed E-state index contributed by atoms with van der Waals surface area (Å²) in [5, 5.41) is 0. The summed E-state index contributed by atoms with van der Waals surface area (Å²) in [5.41, 5.74) is 7.59. The first-order valence-electron chi connectivity index (χ1n) is 5.51. The highest BCUT2D eigenvalue weighted by atomic mass is 14.5. The van der Waals surface area contributed by atoms with E-state index >= 15 is 0 Å². The van der Waals surface area contributed by atoms with Crippen LogP contribution in [0, 0.1) is 0 Å². The average molecular weight is 201 g/mol. The van der Waals surface area contributed by atoms with E-state index in [1.165, 1.54) is 24.8 Å². The number of hydrogen-bond acceptors (Lipinski definition) is 1. The van der Waals surface area contributed by atoms with Gasteiger partial charge in [-0.25, -0.2) is 0 Å². The second-order valence-electron chi connectivity index (χ2n) is 3.60. The summed E-state index contributed by atoms with van der Waals surface area (Å²) in [6.45, 7) is 2.21. The summed E-state index contributed by atoms with van der Waals surface area (Å²) in [6, 6.07) is 7.87. The molecule has 80 valence electrons. The highest BCUT2D eigenvalue weighted by Crippen LogP contribution is 2.07. The van der Waals surface area contributed by atoms with Crippen LogP contribution in [0.15, 0.2) is 42.5 Å². The van der Waals surface area contributed by atoms with Gasteiger partial charge in [0, 0.05) is 5.69 Å². The molecular formula is C14H19N. The number of allylic oxidation sites excluding steroid dienone is 3. The number of benzene rings is 1. The molecule has 0 spiro atoms. The van der Waals surface area contributed by atoms with E-state index in [4.69, 9.17) is 5.73 Å². The third kappa shape index (κ3) is 5.06. The molecule has 1 rings (SSSR count). The van der Waals surface area contributed by atoms with E-state index in [1.54, 1.807) is 0 Å². The lowest BCUT2D eigenvalue weighted by molar-refractivity contribution is 0.815. The molecule has 0 amide bonds. The molecule has 0 radical (unpaired) electrons. The standard InChI is InChI=1S/C14H19N/c1-2-3-4-5-6-7-8-13-9-11-14(15)12-10-13/h5-12H,2-4,15H2,1H3. The average Bonchev–Trinajstić information content (AvgIpc) is 2.26. The predicted molar refractivity (Wildman–Crippen MR) is 68.6 cm³/mol. The van der Waals surface area contributed by atoms with Crippen molar-refractivity contribution in [3.8, 4) is 0 Å². The number of hydrogen-bond donors (Lipinski definition) is 1. The van der Waals surface area contributed by atoms with Gasteiger partial charge < -0.3 is 5.73 Å². The zero-order valence-corrected chi connectivity index (χ0v) is 9.32. The molecule has 0 heterocycles. The van der Waals surface area contributed by atoms with Gasteiger partial charge in [-0.3, -0.25) is 0 Å². The van der Waals surface area contributed by atoms with Crippen LogP contribution in [0.5, 0.6) is 0 Å². The third-order valence-corrected chi connectivity index (χ3v) is 2.20. The molecule has 0 aliphatic carbocycles. The normalized spacial score (nSPS) is 11.5. The van der Waals surface area contributed by atoms with E-state index in [-0.39, 0.29) is 0 Å². The van der Waals surface area contributed by atoms with Crippen molar-refractivity contribution in [3.05, 3.63) is 48.1 Å². The molecule has 0 fully saturated rings. The Morgan fingerprint density at radius 2 is 1.87 bits per heavy atom. The van der Waals surface area contributed by atoms with E-state index in [2.05, 4.69) is 31.2 Å². The quantitative estimate of drug-likeness (QED) is 0.434. The Kier molecular flexibility index (Phi) is 5.31. The van der Waals surface area contributed by atoms with Gasteiger partial charge in [0.2, 0.25) is 0 Å². The zero-order chi connectivity index (χ0) is 10.9. The lowest BCUT2D eigenvalue weighted by Gasteiger charge is -1.93. The minimum absolute atomic E-state index is 0.811. The maximum Gasteiger partial charge on any atom is 0.0314 e. The third-order valence-electron chi connectivity index (χ3n) is 2.20. The van der Waals surface area contributed by atoms with Gasteiger partial charge >= 0.3 is 0 Å². The number of nitrogen functional groups attached to an aromatic ring is 1. The summed E-state index contributed by atoms with van der Waals surface area (Å²) in [5.74, 6) is 0. The van der Waals surface area contributed by atoms with E-state index in [1.807, 2.05) is 24.3 Å². The highest BCUT2D eigenvalue weighted by molar-refractivity contribution is 5.54. The van der Waals surface area contributed by atoms with Crippen LogP contribution in [0.1, 0.15) is 31.7 Å². The topological polar surface area (TPSA) is 26.0 Å².